The minimum absolute atomic E-state index is 0.877. The standard InChI is InChI=1S/C7H14N2S/c1-6-10-7(1)9-4-2-8-3-5-9/h7-8H,1-6H2. The number of nitrogens with one attached hydrogen (secondary N) is 1. The van der Waals surface area contributed by atoms with Crippen molar-refractivity contribution in [2.24, 2.45) is 0 Å². The van der Waals surface area contributed by atoms with E-state index in [2.05, 4.69) is 22.0 Å². The summed E-state index contributed by atoms with van der Waals surface area (Å²) in [6, 6.07) is 0. The molecule has 0 amide bonds. The predicted octanol–water partition coefficient (Wildman–Crippen LogP) is 0.355. The Morgan fingerprint density at radius 2 is 2.00 bits per heavy atom. The van der Waals surface area contributed by atoms with Crippen LogP contribution in [0, 0.1) is 0 Å². The van der Waals surface area contributed by atoms with E-state index in [4.69, 9.17) is 0 Å². The zero-order valence-corrected chi connectivity index (χ0v) is 6.99. The first-order valence-corrected chi connectivity index (χ1v) is 5.08. The average molecular weight is 158 g/mol. The molecule has 0 spiro atoms. The predicted molar refractivity (Wildman–Crippen MR) is 45.3 cm³/mol. The summed E-state index contributed by atoms with van der Waals surface area (Å²) in [4.78, 5) is 2.60. The van der Waals surface area contributed by atoms with Gasteiger partial charge < -0.3 is 5.32 Å². The van der Waals surface area contributed by atoms with Gasteiger partial charge in [-0.05, 0) is 12.2 Å². The molecule has 2 saturated heterocycles. The highest BCUT2D eigenvalue weighted by molar-refractivity contribution is 8.01. The summed E-state index contributed by atoms with van der Waals surface area (Å²) in [5.41, 5.74) is 0. The first-order valence-electron chi connectivity index (χ1n) is 4.03. The van der Waals surface area contributed by atoms with E-state index in [1.54, 1.807) is 0 Å². The molecule has 1 unspecified atom stereocenters. The van der Waals surface area contributed by atoms with Gasteiger partial charge >= 0.3 is 0 Å². The van der Waals surface area contributed by atoms with Gasteiger partial charge in [0.05, 0.1) is 5.37 Å². The van der Waals surface area contributed by atoms with Crippen molar-refractivity contribution in [1.29, 1.82) is 0 Å². The van der Waals surface area contributed by atoms with Crippen LogP contribution in [-0.4, -0.2) is 42.2 Å². The lowest BCUT2D eigenvalue weighted by molar-refractivity contribution is 0.215. The van der Waals surface area contributed by atoms with Crippen LogP contribution in [0.15, 0.2) is 0 Å². The molecular formula is C7H14N2S. The van der Waals surface area contributed by atoms with E-state index >= 15 is 0 Å². The zero-order chi connectivity index (χ0) is 6.81. The lowest BCUT2D eigenvalue weighted by atomic mass is 10.3. The Labute approximate surface area is 66.4 Å². The Kier molecular flexibility index (Phi) is 2.16. The maximum Gasteiger partial charge on any atom is 0.0566 e. The van der Waals surface area contributed by atoms with Gasteiger partial charge in [0.1, 0.15) is 0 Å². The monoisotopic (exact) mass is 158 g/mol. The number of hydrogen-bond acceptors (Lipinski definition) is 3. The fourth-order valence-electron chi connectivity index (χ4n) is 1.48. The van der Waals surface area contributed by atoms with Crippen LogP contribution in [0.5, 0.6) is 0 Å². The average Bonchev–Trinajstić information content (AvgIpc) is 1.86. The smallest absolute Gasteiger partial charge is 0.0566 e. The van der Waals surface area contributed by atoms with Crippen molar-refractivity contribution in [2.75, 3.05) is 31.9 Å². The fraction of sp³-hybridized carbons (Fsp3) is 1.00. The molecule has 0 radical (unpaired) electrons. The van der Waals surface area contributed by atoms with Crippen molar-refractivity contribution in [3.8, 4) is 0 Å². The second-order valence-electron chi connectivity index (χ2n) is 2.90. The Hall–Kier alpha value is 0.270. The van der Waals surface area contributed by atoms with Crippen molar-refractivity contribution in [1.82, 2.24) is 10.2 Å². The number of piperazine rings is 1. The minimum atomic E-state index is 0.877. The van der Waals surface area contributed by atoms with Crippen molar-refractivity contribution >= 4 is 11.8 Å². The number of rotatable bonds is 1. The van der Waals surface area contributed by atoms with E-state index in [1.807, 2.05) is 0 Å². The highest BCUT2D eigenvalue weighted by atomic mass is 32.2. The van der Waals surface area contributed by atoms with Gasteiger partial charge in [-0.2, -0.15) is 0 Å². The molecule has 2 fully saturated rings. The molecule has 0 aliphatic carbocycles. The van der Waals surface area contributed by atoms with E-state index in [1.165, 1.54) is 38.4 Å². The lowest BCUT2D eigenvalue weighted by Gasteiger charge is -2.39. The van der Waals surface area contributed by atoms with Crippen LogP contribution in [0.2, 0.25) is 0 Å². The van der Waals surface area contributed by atoms with Gasteiger partial charge in [0.25, 0.3) is 0 Å². The Morgan fingerprint density at radius 3 is 2.50 bits per heavy atom. The van der Waals surface area contributed by atoms with Crippen molar-refractivity contribution in [2.45, 2.75) is 11.8 Å². The summed E-state index contributed by atoms with van der Waals surface area (Å²) in [6.07, 6.45) is 1.42. The quantitative estimate of drug-likeness (QED) is 0.593. The van der Waals surface area contributed by atoms with Gasteiger partial charge in [0.2, 0.25) is 0 Å². The molecule has 2 heterocycles. The molecule has 2 aliphatic rings. The summed E-state index contributed by atoms with van der Waals surface area (Å²) >= 11 is 2.11. The minimum Gasteiger partial charge on any atom is -0.314 e. The van der Waals surface area contributed by atoms with E-state index in [-0.39, 0.29) is 0 Å². The maximum atomic E-state index is 3.37. The SMILES string of the molecule is C1CN(C2CCS2)CCN1. The summed E-state index contributed by atoms with van der Waals surface area (Å²) in [7, 11) is 0. The van der Waals surface area contributed by atoms with Gasteiger partial charge in [-0.25, -0.2) is 0 Å². The molecule has 2 aliphatic heterocycles. The third kappa shape index (κ3) is 1.31. The normalized spacial score (nSPS) is 35.4. The molecule has 1 N–H and O–H groups in total. The molecule has 0 aromatic heterocycles. The molecule has 10 heavy (non-hydrogen) atoms. The van der Waals surface area contributed by atoms with E-state index in [9.17, 15) is 0 Å². The number of nitrogens with zero attached hydrogens (tertiary/aromatic N) is 1. The highest BCUT2D eigenvalue weighted by Crippen LogP contribution is 2.30. The molecule has 0 saturated carbocycles. The van der Waals surface area contributed by atoms with Crippen molar-refractivity contribution in [3.05, 3.63) is 0 Å². The van der Waals surface area contributed by atoms with Crippen LogP contribution in [-0.2, 0) is 0 Å². The van der Waals surface area contributed by atoms with Gasteiger partial charge in [-0.1, -0.05) is 0 Å². The van der Waals surface area contributed by atoms with Gasteiger partial charge in [0.15, 0.2) is 0 Å². The van der Waals surface area contributed by atoms with Gasteiger partial charge in [-0.15, -0.1) is 11.8 Å². The lowest BCUT2D eigenvalue weighted by Crippen LogP contribution is -2.49. The van der Waals surface area contributed by atoms with E-state index in [0.717, 1.165) is 5.37 Å². The first kappa shape index (κ1) is 6.95. The second-order valence-corrected chi connectivity index (χ2v) is 4.19. The molecule has 1 atom stereocenters. The van der Waals surface area contributed by atoms with Crippen LogP contribution in [0.3, 0.4) is 0 Å². The molecule has 58 valence electrons. The van der Waals surface area contributed by atoms with Gasteiger partial charge in [-0.3, -0.25) is 4.90 Å². The van der Waals surface area contributed by atoms with E-state index in [0.29, 0.717) is 0 Å². The number of thioether (sulfide) groups is 1. The topological polar surface area (TPSA) is 15.3 Å². The van der Waals surface area contributed by atoms with Crippen LogP contribution >= 0.6 is 11.8 Å². The van der Waals surface area contributed by atoms with E-state index < -0.39 is 0 Å². The molecule has 0 bridgehead atoms. The maximum absolute atomic E-state index is 3.37. The fourth-order valence-corrected chi connectivity index (χ4v) is 2.35. The van der Waals surface area contributed by atoms with Crippen LogP contribution in [0.1, 0.15) is 6.42 Å². The Balaban J connectivity index is 1.78. The van der Waals surface area contributed by atoms with Crippen LogP contribution in [0.25, 0.3) is 0 Å². The van der Waals surface area contributed by atoms with Crippen molar-refractivity contribution in [3.63, 3.8) is 0 Å². The second kappa shape index (κ2) is 3.11. The molecule has 0 aromatic rings. The molecule has 0 aromatic carbocycles. The highest BCUT2D eigenvalue weighted by Gasteiger charge is 2.25. The van der Waals surface area contributed by atoms with Crippen LogP contribution in [0.4, 0.5) is 0 Å². The number of hydrogen-bond donors (Lipinski definition) is 1. The Bertz CT molecular complexity index is 108. The summed E-state index contributed by atoms with van der Waals surface area (Å²) in [5.74, 6) is 1.38. The molecule has 2 rings (SSSR count). The first-order chi connectivity index (χ1) is 4.97. The molecule has 3 heteroatoms. The largest absolute Gasteiger partial charge is 0.314 e. The third-order valence-electron chi connectivity index (χ3n) is 2.23. The summed E-state index contributed by atoms with van der Waals surface area (Å²) in [6.45, 7) is 4.91. The third-order valence-corrected chi connectivity index (χ3v) is 3.62. The van der Waals surface area contributed by atoms with Gasteiger partial charge in [0, 0.05) is 26.2 Å². The molecular weight excluding hydrogens is 144 g/mol. The summed E-state index contributed by atoms with van der Waals surface area (Å²) < 4.78 is 0. The zero-order valence-electron chi connectivity index (χ0n) is 6.18. The summed E-state index contributed by atoms with van der Waals surface area (Å²) in [5, 5.41) is 4.24. The Morgan fingerprint density at radius 1 is 1.30 bits per heavy atom. The molecule has 2 nitrogen and oxygen atoms in total. The van der Waals surface area contributed by atoms with Crippen LogP contribution < -0.4 is 5.32 Å². The van der Waals surface area contributed by atoms with Crippen molar-refractivity contribution < 1.29 is 0 Å².